The highest BCUT2D eigenvalue weighted by Gasteiger charge is 2.35. The number of amides is 3. The van der Waals surface area contributed by atoms with Crippen LogP contribution in [-0.4, -0.2) is 24.3 Å². The SMILES string of the molecule is CCC(C)c1ccc(NC(=O)c2ccc(NC(=O)C3CC(=O)N(c4ccccc4)C3)cc2)cc1. The number of para-hydroxylation sites is 1. The highest BCUT2D eigenvalue weighted by Crippen LogP contribution is 2.26. The summed E-state index contributed by atoms with van der Waals surface area (Å²) in [5.41, 5.74) is 3.87. The van der Waals surface area contributed by atoms with E-state index in [1.165, 1.54) is 5.56 Å². The van der Waals surface area contributed by atoms with Gasteiger partial charge in [0, 0.05) is 35.6 Å². The van der Waals surface area contributed by atoms with Gasteiger partial charge in [0.05, 0.1) is 5.92 Å². The first kappa shape index (κ1) is 23.2. The number of benzene rings is 3. The largest absolute Gasteiger partial charge is 0.326 e. The number of hydrogen-bond acceptors (Lipinski definition) is 3. The van der Waals surface area contributed by atoms with Crippen molar-refractivity contribution in [1.82, 2.24) is 0 Å². The van der Waals surface area contributed by atoms with Crippen LogP contribution in [0.3, 0.4) is 0 Å². The molecule has 1 aliphatic heterocycles. The van der Waals surface area contributed by atoms with Crippen molar-refractivity contribution < 1.29 is 14.4 Å². The lowest BCUT2D eigenvalue weighted by Gasteiger charge is -2.16. The maximum absolute atomic E-state index is 12.7. The topological polar surface area (TPSA) is 78.5 Å². The molecule has 6 nitrogen and oxygen atoms in total. The van der Waals surface area contributed by atoms with Gasteiger partial charge in [-0.1, -0.05) is 44.2 Å². The second-order valence-corrected chi connectivity index (χ2v) is 8.69. The number of hydrogen-bond donors (Lipinski definition) is 2. The number of nitrogens with zero attached hydrogens (tertiary/aromatic N) is 1. The first-order valence-corrected chi connectivity index (χ1v) is 11.6. The highest BCUT2D eigenvalue weighted by molar-refractivity contribution is 6.05. The molecule has 174 valence electrons. The van der Waals surface area contributed by atoms with E-state index in [9.17, 15) is 14.4 Å². The van der Waals surface area contributed by atoms with Gasteiger partial charge >= 0.3 is 0 Å². The van der Waals surface area contributed by atoms with E-state index in [2.05, 4.69) is 24.5 Å². The Hall–Kier alpha value is -3.93. The van der Waals surface area contributed by atoms with Crippen LogP contribution >= 0.6 is 0 Å². The van der Waals surface area contributed by atoms with Gasteiger partial charge in [-0.3, -0.25) is 14.4 Å². The lowest BCUT2D eigenvalue weighted by molar-refractivity contribution is -0.122. The van der Waals surface area contributed by atoms with Crippen molar-refractivity contribution in [2.24, 2.45) is 5.92 Å². The van der Waals surface area contributed by atoms with Crippen LogP contribution in [0.15, 0.2) is 78.9 Å². The Kier molecular flexibility index (Phi) is 7.07. The minimum atomic E-state index is -0.422. The van der Waals surface area contributed by atoms with E-state index in [4.69, 9.17) is 0 Å². The van der Waals surface area contributed by atoms with Crippen molar-refractivity contribution in [3.05, 3.63) is 90.0 Å². The lowest BCUT2D eigenvalue weighted by atomic mass is 9.98. The summed E-state index contributed by atoms with van der Waals surface area (Å²) in [5.74, 6) is -0.416. The third-order valence-electron chi connectivity index (χ3n) is 6.33. The molecule has 0 aromatic heterocycles. The molecule has 2 atom stereocenters. The monoisotopic (exact) mass is 455 g/mol. The van der Waals surface area contributed by atoms with Crippen LogP contribution in [0, 0.1) is 5.92 Å². The van der Waals surface area contributed by atoms with E-state index in [1.807, 2.05) is 54.6 Å². The van der Waals surface area contributed by atoms with Crippen molar-refractivity contribution in [2.75, 3.05) is 22.1 Å². The van der Waals surface area contributed by atoms with Gasteiger partial charge in [0.15, 0.2) is 0 Å². The maximum Gasteiger partial charge on any atom is 0.255 e. The van der Waals surface area contributed by atoms with Gasteiger partial charge in [-0.15, -0.1) is 0 Å². The zero-order valence-corrected chi connectivity index (χ0v) is 19.5. The van der Waals surface area contributed by atoms with Gasteiger partial charge in [-0.2, -0.15) is 0 Å². The molecule has 2 N–H and O–H groups in total. The minimum Gasteiger partial charge on any atom is -0.326 e. The number of nitrogens with one attached hydrogen (secondary N) is 2. The summed E-state index contributed by atoms with van der Waals surface area (Å²) >= 11 is 0. The van der Waals surface area contributed by atoms with Crippen molar-refractivity contribution >= 4 is 34.8 Å². The second kappa shape index (κ2) is 10.3. The van der Waals surface area contributed by atoms with Crippen molar-refractivity contribution in [2.45, 2.75) is 32.6 Å². The Bertz CT molecular complexity index is 1160. The molecule has 2 unspecified atom stereocenters. The molecule has 0 saturated carbocycles. The fraction of sp³-hybridized carbons (Fsp3) is 0.250. The summed E-state index contributed by atoms with van der Waals surface area (Å²) in [7, 11) is 0. The summed E-state index contributed by atoms with van der Waals surface area (Å²) in [6, 6.07) is 24.0. The molecule has 4 rings (SSSR count). The molecular formula is C28H29N3O3. The minimum absolute atomic E-state index is 0.0597. The molecule has 0 aliphatic carbocycles. The standard InChI is InChI=1S/C28H29N3O3/c1-3-19(2)20-9-13-23(14-10-20)29-27(33)21-11-15-24(16-12-21)30-28(34)22-17-26(32)31(18-22)25-7-5-4-6-8-25/h4-16,19,22H,3,17-18H2,1-2H3,(H,29,33)(H,30,34). The van der Waals surface area contributed by atoms with Gasteiger partial charge in [0.25, 0.3) is 5.91 Å². The molecule has 3 amide bonds. The van der Waals surface area contributed by atoms with E-state index in [1.54, 1.807) is 29.2 Å². The zero-order valence-electron chi connectivity index (χ0n) is 19.5. The zero-order chi connectivity index (χ0) is 24.1. The second-order valence-electron chi connectivity index (χ2n) is 8.69. The maximum atomic E-state index is 12.7. The summed E-state index contributed by atoms with van der Waals surface area (Å²) in [6.07, 6.45) is 1.24. The predicted octanol–water partition coefficient (Wildman–Crippen LogP) is 5.44. The van der Waals surface area contributed by atoms with E-state index in [0.29, 0.717) is 23.7 Å². The molecule has 1 saturated heterocycles. The first-order chi connectivity index (χ1) is 16.4. The predicted molar refractivity (Wildman–Crippen MR) is 135 cm³/mol. The lowest BCUT2D eigenvalue weighted by Crippen LogP contribution is -2.28. The van der Waals surface area contributed by atoms with Crippen LogP contribution in [0.4, 0.5) is 17.1 Å². The Labute approximate surface area is 200 Å². The fourth-order valence-electron chi connectivity index (χ4n) is 4.02. The molecular weight excluding hydrogens is 426 g/mol. The normalized spacial score (nSPS) is 16.2. The third-order valence-corrected chi connectivity index (χ3v) is 6.33. The molecule has 34 heavy (non-hydrogen) atoms. The molecule has 0 radical (unpaired) electrons. The van der Waals surface area contributed by atoms with E-state index in [-0.39, 0.29) is 24.1 Å². The van der Waals surface area contributed by atoms with Crippen LogP contribution in [0.2, 0.25) is 0 Å². The molecule has 3 aromatic carbocycles. The summed E-state index contributed by atoms with van der Waals surface area (Å²) in [5, 5.41) is 5.77. The Morgan fingerprint density at radius 2 is 1.53 bits per heavy atom. The van der Waals surface area contributed by atoms with Gasteiger partial charge in [-0.25, -0.2) is 0 Å². The Morgan fingerprint density at radius 1 is 0.912 bits per heavy atom. The smallest absolute Gasteiger partial charge is 0.255 e. The summed E-state index contributed by atoms with van der Waals surface area (Å²) < 4.78 is 0. The first-order valence-electron chi connectivity index (χ1n) is 11.6. The molecule has 1 heterocycles. The van der Waals surface area contributed by atoms with Crippen LogP contribution < -0.4 is 15.5 Å². The van der Waals surface area contributed by atoms with Crippen LogP contribution in [0.5, 0.6) is 0 Å². The van der Waals surface area contributed by atoms with E-state index >= 15 is 0 Å². The third kappa shape index (κ3) is 5.34. The van der Waals surface area contributed by atoms with Gasteiger partial charge in [-0.05, 0) is 66.4 Å². The van der Waals surface area contributed by atoms with E-state index < -0.39 is 5.92 Å². The highest BCUT2D eigenvalue weighted by atomic mass is 16.2. The number of anilines is 3. The number of rotatable bonds is 7. The molecule has 6 heteroatoms. The average molecular weight is 456 g/mol. The van der Waals surface area contributed by atoms with Gasteiger partial charge in [0.2, 0.25) is 11.8 Å². The molecule has 1 fully saturated rings. The fourth-order valence-corrected chi connectivity index (χ4v) is 4.02. The van der Waals surface area contributed by atoms with Crippen molar-refractivity contribution in [3.63, 3.8) is 0 Å². The number of carbonyl (C=O) groups excluding carboxylic acids is 3. The molecule has 0 spiro atoms. The van der Waals surface area contributed by atoms with Crippen LogP contribution in [0.1, 0.15) is 48.5 Å². The van der Waals surface area contributed by atoms with Crippen LogP contribution in [-0.2, 0) is 9.59 Å². The molecule has 1 aliphatic rings. The average Bonchev–Trinajstić information content (AvgIpc) is 3.26. The van der Waals surface area contributed by atoms with Gasteiger partial charge in [0.1, 0.15) is 0 Å². The van der Waals surface area contributed by atoms with E-state index in [0.717, 1.165) is 17.8 Å². The number of carbonyl (C=O) groups is 3. The van der Waals surface area contributed by atoms with Crippen molar-refractivity contribution in [3.8, 4) is 0 Å². The van der Waals surface area contributed by atoms with Gasteiger partial charge < -0.3 is 15.5 Å². The van der Waals surface area contributed by atoms with Crippen molar-refractivity contribution in [1.29, 1.82) is 0 Å². The molecule has 3 aromatic rings. The molecule has 0 bridgehead atoms. The summed E-state index contributed by atoms with van der Waals surface area (Å²) in [6.45, 7) is 4.68. The Balaban J connectivity index is 1.33. The quantitative estimate of drug-likeness (QED) is 0.498. The Morgan fingerprint density at radius 3 is 2.18 bits per heavy atom. The summed E-state index contributed by atoms with van der Waals surface area (Å²) in [4.78, 5) is 39.3. The van der Waals surface area contributed by atoms with Crippen LogP contribution in [0.25, 0.3) is 0 Å².